The van der Waals surface area contributed by atoms with Gasteiger partial charge in [0.15, 0.2) is 0 Å². The third-order valence-electron chi connectivity index (χ3n) is 5.47. The second-order valence-electron chi connectivity index (χ2n) is 7.54. The molecule has 2 heterocycles. The molecule has 1 amide bonds. The molecule has 28 heavy (non-hydrogen) atoms. The molecule has 0 atom stereocenters. The Hall–Kier alpha value is -2.72. The molecule has 0 saturated heterocycles. The second kappa shape index (κ2) is 7.36. The molecule has 142 valence electrons. The van der Waals surface area contributed by atoms with Gasteiger partial charge in [-0.3, -0.25) is 4.79 Å². The van der Waals surface area contributed by atoms with Crippen LogP contribution in [0.4, 0.5) is 11.4 Å². The lowest BCUT2D eigenvalue weighted by molar-refractivity contribution is -0.117. The van der Waals surface area contributed by atoms with Crippen LogP contribution in [0, 0.1) is 27.7 Å². The molecule has 0 fully saturated rings. The average Bonchev–Trinajstić information content (AvgIpc) is 3.16. The zero-order chi connectivity index (χ0) is 19.8. The monoisotopic (exact) mass is 388 g/mol. The van der Waals surface area contributed by atoms with E-state index in [0.717, 1.165) is 27.5 Å². The van der Waals surface area contributed by atoms with Crippen molar-refractivity contribution >= 4 is 34.3 Å². The molecular formula is C24H24N2OS. The molecule has 0 N–H and O–H groups in total. The Balaban J connectivity index is 1.80. The molecule has 2 aromatic carbocycles. The smallest absolute Gasteiger partial charge is 0.233 e. The third-order valence-corrected chi connectivity index (χ3v) is 6.39. The van der Waals surface area contributed by atoms with E-state index in [1.165, 1.54) is 22.3 Å². The predicted molar refractivity (Wildman–Crippen MR) is 118 cm³/mol. The van der Waals surface area contributed by atoms with E-state index in [1.807, 2.05) is 22.4 Å². The van der Waals surface area contributed by atoms with Crippen molar-refractivity contribution in [1.82, 2.24) is 0 Å². The largest absolute Gasteiger partial charge is 0.306 e. The van der Waals surface area contributed by atoms with E-state index >= 15 is 0 Å². The predicted octanol–water partition coefficient (Wildman–Crippen LogP) is 6.04. The minimum absolute atomic E-state index is 0.0902. The van der Waals surface area contributed by atoms with Gasteiger partial charge < -0.3 is 4.90 Å². The molecule has 0 saturated carbocycles. The van der Waals surface area contributed by atoms with Crippen molar-refractivity contribution < 1.29 is 4.79 Å². The van der Waals surface area contributed by atoms with Gasteiger partial charge in [-0.05, 0) is 79.1 Å². The van der Waals surface area contributed by atoms with Gasteiger partial charge in [-0.2, -0.15) is 0 Å². The highest BCUT2D eigenvalue weighted by atomic mass is 32.1. The Kier molecular flexibility index (Phi) is 4.90. The van der Waals surface area contributed by atoms with E-state index in [2.05, 4.69) is 58.0 Å². The van der Waals surface area contributed by atoms with Gasteiger partial charge in [0.25, 0.3) is 0 Å². The quantitative estimate of drug-likeness (QED) is 0.538. The van der Waals surface area contributed by atoms with Crippen LogP contribution in [0.5, 0.6) is 0 Å². The number of benzene rings is 2. The number of amides is 1. The van der Waals surface area contributed by atoms with Crippen LogP contribution in [-0.4, -0.2) is 11.6 Å². The Bertz CT molecular complexity index is 1080. The number of hydrogen-bond acceptors (Lipinski definition) is 3. The first-order chi connectivity index (χ1) is 13.4. The maximum atomic E-state index is 13.3. The minimum atomic E-state index is 0.0902. The molecule has 3 nitrogen and oxygen atoms in total. The Morgan fingerprint density at radius 2 is 1.71 bits per heavy atom. The lowest BCUT2D eigenvalue weighted by atomic mass is 10.0. The lowest BCUT2D eigenvalue weighted by Crippen LogP contribution is -2.31. The molecule has 0 unspecified atom stereocenters. The van der Waals surface area contributed by atoms with Gasteiger partial charge in [-0.25, -0.2) is 4.99 Å². The summed E-state index contributed by atoms with van der Waals surface area (Å²) >= 11 is 1.63. The average molecular weight is 389 g/mol. The van der Waals surface area contributed by atoms with Crippen molar-refractivity contribution in [1.29, 1.82) is 0 Å². The van der Waals surface area contributed by atoms with Crippen LogP contribution in [0.15, 0.2) is 52.8 Å². The van der Waals surface area contributed by atoms with Crippen molar-refractivity contribution in [2.24, 2.45) is 4.99 Å². The summed E-state index contributed by atoms with van der Waals surface area (Å²) in [6.07, 6.45) is 0.318. The minimum Gasteiger partial charge on any atom is -0.306 e. The van der Waals surface area contributed by atoms with Gasteiger partial charge in [0.05, 0.1) is 30.1 Å². The first kappa shape index (κ1) is 18.6. The summed E-state index contributed by atoms with van der Waals surface area (Å²) in [4.78, 5) is 21.2. The number of carbonyl (C=O) groups is 1. The van der Waals surface area contributed by atoms with Gasteiger partial charge >= 0.3 is 0 Å². The number of hydrogen-bond donors (Lipinski definition) is 0. The molecule has 1 aliphatic rings. The number of carbonyl (C=O) groups excluding carboxylic acids is 1. The highest BCUT2D eigenvalue weighted by Gasteiger charge is 2.26. The van der Waals surface area contributed by atoms with Crippen LogP contribution in [0.2, 0.25) is 0 Å². The molecule has 0 radical (unpaired) electrons. The summed E-state index contributed by atoms with van der Waals surface area (Å²) in [6, 6.07) is 14.7. The first-order valence-electron chi connectivity index (χ1n) is 9.51. The van der Waals surface area contributed by atoms with Crippen LogP contribution < -0.4 is 4.90 Å². The van der Waals surface area contributed by atoms with Gasteiger partial charge in [0.2, 0.25) is 5.91 Å². The molecule has 0 bridgehead atoms. The third kappa shape index (κ3) is 3.52. The number of aryl methyl sites for hydroxylation is 4. The summed E-state index contributed by atoms with van der Waals surface area (Å²) in [5.41, 5.74) is 8.64. The van der Waals surface area contributed by atoms with Crippen LogP contribution in [0.3, 0.4) is 0 Å². The van der Waals surface area contributed by atoms with E-state index in [0.29, 0.717) is 13.0 Å². The number of rotatable bonds is 3. The van der Waals surface area contributed by atoms with E-state index in [-0.39, 0.29) is 5.91 Å². The fourth-order valence-electron chi connectivity index (χ4n) is 3.49. The van der Waals surface area contributed by atoms with Gasteiger partial charge in [-0.1, -0.05) is 24.3 Å². The zero-order valence-corrected chi connectivity index (χ0v) is 17.6. The second-order valence-corrected chi connectivity index (χ2v) is 8.48. The number of fused-ring (bicyclic) bond motifs is 1. The summed E-state index contributed by atoms with van der Waals surface area (Å²) < 4.78 is 0. The molecule has 4 rings (SSSR count). The molecule has 4 heteroatoms. The summed E-state index contributed by atoms with van der Waals surface area (Å²) in [5, 5.41) is 2.03. The van der Waals surface area contributed by atoms with Crippen LogP contribution in [0.1, 0.15) is 39.1 Å². The number of thiophene rings is 1. The summed E-state index contributed by atoms with van der Waals surface area (Å²) in [7, 11) is 0. The lowest BCUT2D eigenvalue weighted by Gasteiger charge is -2.24. The maximum Gasteiger partial charge on any atom is 0.233 e. The zero-order valence-electron chi connectivity index (χ0n) is 16.7. The highest BCUT2D eigenvalue weighted by molar-refractivity contribution is 7.12. The highest BCUT2D eigenvalue weighted by Crippen LogP contribution is 2.37. The molecule has 3 aromatic rings. The maximum absolute atomic E-state index is 13.3. The number of nitrogens with zero attached hydrogens (tertiary/aromatic N) is 2. The van der Waals surface area contributed by atoms with Crippen molar-refractivity contribution in [2.75, 3.05) is 4.90 Å². The van der Waals surface area contributed by atoms with Crippen molar-refractivity contribution in [3.63, 3.8) is 0 Å². The molecule has 0 aliphatic carbocycles. The fraction of sp³-hybridized carbons (Fsp3) is 0.250. The standard InChI is InChI=1S/C24H24N2OS/c1-15-7-8-19(10-16(15)2)14-26-22-12-18(4)17(3)11-20(22)25-21(13-24(26)27)23-6-5-9-28-23/h5-12H,13-14H2,1-4H3. The van der Waals surface area contributed by atoms with Gasteiger partial charge in [0.1, 0.15) is 0 Å². The summed E-state index contributed by atoms with van der Waals surface area (Å²) in [5.74, 6) is 0.0902. The van der Waals surface area contributed by atoms with Crippen LogP contribution in [0.25, 0.3) is 0 Å². The van der Waals surface area contributed by atoms with E-state index in [1.54, 1.807) is 11.3 Å². The van der Waals surface area contributed by atoms with E-state index in [9.17, 15) is 4.79 Å². The Morgan fingerprint density at radius 1 is 0.964 bits per heavy atom. The van der Waals surface area contributed by atoms with E-state index in [4.69, 9.17) is 4.99 Å². The van der Waals surface area contributed by atoms with Crippen molar-refractivity contribution in [2.45, 2.75) is 40.7 Å². The SMILES string of the molecule is Cc1ccc(CN2C(=O)CC(c3cccs3)=Nc3cc(C)c(C)cc32)cc1C. The fourth-order valence-corrected chi connectivity index (χ4v) is 4.21. The molecule has 0 spiro atoms. The van der Waals surface area contributed by atoms with Crippen LogP contribution in [-0.2, 0) is 11.3 Å². The van der Waals surface area contributed by atoms with Crippen molar-refractivity contribution in [3.05, 3.63) is 80.5 Å². The topological polar surface area (TPSA) is 32.7 Å². The van der Waals surface area contributed by atoms with E-state index < -0.39 is 0 Å². The van der Waals surface area contributed by atoms with Gasteiger partial charge in [0, 0.05) is 4.88 Å². The number of aliphatic imine (C=N–C) groups is 1. The Labute approximate surface area is 170 Å². The van der Waals surface area contributed by atoms with Crippen LogP contribution >= 0.6 is 11.3 Å². The molecule has 1 aromatic heterocycles. The molecular weight excluding hydrogens is 364 g/mol. The summed E-state index contributed by atoms with van der Waals surface area (Å²) in [6.45, 7) is 8.96. The molecule has 1 aliphatic heterocycles. The van der Waals surface area contributed by atoms with Gasteiger partial charge in [-0.15, -0.1) is 11.3 Å². The first-order valence-corrected chi connectivity index (χ1v) is 10.4. The van der Waals surface area contributed by atoms with Crippen molar-refractivity contribution in [3.8, 4) is 0 Å². The Morgan fingerprint density at radius 3 is 2.43 bits per heavy atom. The number of anilines is 1. The normalized spacial score (nSPS) is 13.9.